The summed E-state index contributed by atoms with van der Waals surface area (Å²) in [5.41, 5.74) is -0.700. The van der Waals surface area contributed by atoms with Crippen LogP contribution in [0.2, 0.25) is 0 Å². The first-order valence-electron chi connectivity index (χ1n) is 5.31. The van der Waals surface area contributed by atoms with Gasteiger partial charge >= 0.3 is 6.09 Å². The average Bonchev–Trinajstić information content (AvgIpc) is 1.99. The van der Waals surface area contributed by atoms with Gasteiger partial charge in [0.25, 0.3) is 0 Å². The normalized spacial score (nSPS) is 21.3. The number of morpholine rings is 1. The van der Waals surface area contributed by atoms with Gasteiger partial charge in [0, 0.05) is 6.54 Å². The molecule has 0 N–H and O–H groups in total. The smallest absolute Gasteiger partial charge is 0.410 e. The number of hydrogen-bond acceptors (Lipinski definition) is 3. The second kappa shape index (κ2) is 4.00. The first-order chi connectivity index (χ1) is 6.70. The van der Waals surface area contributed by atoms with Gasteiger partial charge in [0.15, 0.2) is 0 Å². The van der Waals surface area contributed by atoms with E-state index < -0.39 is 5.60 Å². The number of amides is 1. The Kier molecular flexibility index (Phi) is 3.28. The number of nitrogens with zero attached hydrogens (tertiary/aromatic N) is 1. The average molecular weight is 215 g/mol. The van der Waals surface area contributed by atoms with Crippen molar-refractivity contribution >= 4 is 6.09 Å². The summed E-state index contributed by atoms with van der Waals surface area (Å²) < 4.78 is 10.8. The molecule has 0 saturated carbocycles. The number of rotatable bonds is 0. The van der Waals surface area contributed by atoms with E-state index in [2.05, 4.69) is 0 Å². The molecule has 4 nitrogen and oxygen atoms in total. The minimum absolute atomic E-state index is 0.251. The monoisotopic (exact) mass is 215 g/mol. The van der Waals surface area contributed by atoms with Crippen molar-refractivity contribution in [2.24, 2.45) is 0 Å². The van der Waals surface area contributed by atoms with Crippen molar-refractivity contribution in [3.63, 3.8) is 0 Å². The second-order valence-corrected chi connectivity index (χ2v) is 5.51. The minimum Gasteiger partial charge on any atom is -0.444 e. The summed E-state index contributed by atoms with van der Waals surface area (Å²) >= 11 is 0. The lowest BCUT2D eigenvalue weighted by molar-refractivity contribution is -0.0877. The number of hydrogen-bond donors (Lipinski definition) is 0. The largest absolute Gasteiger partial charge is 0.444 e. The van der Waals surface area contributed by atoms with Gasteiger partial charge in [-0.25, -0.2) is 4.79 Å². The number of ether oxygens (including phenoxy) is 2. The van der Waals surface area contributed by atoms with Crippen LogP contribution in [0.4, 0.5) is 4.79 Å². The van der Waals surface area contributed by atoms with Gasteiger partial charge < -0.3 is 14.4 Å². The SMILES string of the molecule is CC(C)(C)OC(=O)N1CCOC(C)(C)C1. The lowest BCUT2D eigenvalue weighted by atomic mass is 10.1. The van der Waals surface area contributed by atoms with Crippen LogP contribution in [0.5, 0.6) is 0 Å². The van der Waals surface area contributed by atoms with Gasteiger partial charge in [-0.1, -0.05) is 0 Å². The van der Waals surface area contributed by atoms with Crippen LogP contribution in [0.3, 0.4) is 0 Å². The van der Waals surface area contributed by atoms with Crippen molar-refractivity contribution in [3.8, 4) is 0 Å². The summed E-state index contributed by atoms with van der Waals surface area (Å²) in [6.07, 6.45) is -0.251. The third-order valence-electron chi connectivity index (χ3n) is 2.08. The maximum absolute atomic E-state index is 11.7. The third-order valence-corrected chi connectivity index (χ3v) is 2.08. The van der Waals surface area contributed by atoms with Crippen molar-refractivity contribution < 1.29 is 14.3 Å². The van der Waals surface area contributed by atoms with Crippen LogP contribution in [-0.2, 0) is 9.47 Å². The molecule has 0 aromatic rings. The Hall–Kier alpha value is -0.770. The first kappa shape index (κ1) is 12.3. The summed E-state index contributed by atoms with van der Waals surface area (Å²) in [5, 5.41) is 0. The van der Waals surface area contributed by atoms with Gasteiger partial charge in [-0.2, -0.15) is 0 Å². The fraction of sp³-hybridized carbons (Fsp3) is 0.909. The predicted molar refractivity (Wildman–Crippen MR) is 57.8 cm³/mol. The molecule has 1 aliphatic heterocycles. The summed E-state index contributed by atoms with van der Waals surface area (Å²) in [4.78, 5) is 13.5. The summed E-state index contributed by atoms with van der Waals surface area (Å²) in [6.45, 7) is 11.3. The molecule has 1 rings (SSSR count). The molecule has 4 heteroatoms. The van der Waals surface area contributed by atoms with Crippen LogP contribution in [0.25, 0.3) is 0 Å². The van der Waals surface area contributed by atoms with Crippen LogP contribution in [0.1, 0.15) is 34.6 Å². The Morgan fingerprint density at radius 2 is 2.00 bits per heavy atom. The Morgan fingerprint density at radius 3 is 2.47 bits per heavy atom. The lowest BCUT2D eigenvalue weighted by Gasteiger charge is -2.38. The zero-order valence-corrected chi connectivity index (χ0v) is 10.3. The number of carbonyl (C=O) groups excluding carboxylic acids is 1. The topological polar surface area (TPSA) is 38.8 Å². The fourth-order valence-corrected chi connectivity index (χ4v) is 1.50. The molecule has 0 spiro atoms. The van der Waals surface area contributed by atoms with Crippen LogP contribution < -0.4 is 0 Å². The van der Waals surface area contributed by atoms with Crippen LogP contribution >= 0.6 is 0 Å². The highest BCUT2D eigenvalue weighted by Crippen LogP contribution is 2.18. The van der Waals surface area contributed by atoms with E-state index in [1.807, 2.05) is 34.6 Å². The molecule has 0 unspecified atom stereocenters. The fourth-order valence-electron chi connectivity index (χ4n) is 1.50. The van der Waals surface area contributed by atoms with E-state index in [1.54, 1.807) is 4.90 Å². The maximum atomic E-state index is 11.7. The van der Waals surface area contributed by atoms with Gasteiger partial charge in [-0.3, -0.25) is 0 Å². The standard InChI is InChI=1S/C11H21NO3/c1-10(2,3)15-9(13)12-6-7-14-11(4,5)8-12/h6-8H2,1-5H3. The Bertz CT molecular complexity index is 243. The lowest BCUT2D eigenvalue weighted by Crippen LogP contribution is -2.51. The van der Waals surface area contributed by atoms with Crippen LogP contribution in [-0.4, -0.2) is 41.9 Å². The quantitative estimate of drug-likeness (QED) is 0.620. The van der Waals surface area contributed by atoms with Crippen molar-refractivity contribution in [1.29, 1.82) is 0 Å². The van der Waals surface area contributed by atoms with E-state index in [0.29, 0.717) is 19.7 Å². The minimum atomic E-state index is -0.431. The van der Waals surface area contributed by atoms with Gasteiger partial charge in [0.1, 0.15) is 5.60 Å². The van der Waals surface area contributed by atoms with E-state index in [1.165, 1.54) is 0 Å². The van der Waals surface area contributed by atoms with Gasteiger partial charge in [-0.05, 0) is 34.6 Å². The maximum Gasteiger partial charge on any atom is 0.410 e. The van der Waals surface area contributed by atoms with Gasteiger partial charge in [-0.15, -0.1) is 0 Å². The van der Waals surface area contributed by atoms with E-state index in [4.69, 9.17) is 9.47 Å². The molecule has 1 aliphatic rings. The van der Waals surface area contributed by atoms with Crippen LogP contribution in [0.15, 0.2) is 0 Å². The molecule has 1 heterocycles. The molecule has 15 heavy (non-hydrogen) atoms. The third kappa shape index (κ3) is 4.08. The predicted octanol–water partition coefficient (Wildman–Crippen LogP) is 2.03. The van der Waals surface area contributed by atoms with E-state index in [9.17, 15) is 4.79 Å². The molecule has 1 amide bonds. The molecule has 88 valence electrons. The van der Waals surface area contributed by atoms with Crippen molar-refractivity contribution in [2.75, 3.05) is 19.7 Å². The van der Waals surface area contributed by atoms with Gasteiger partial charge in [0.05, 0.1) is 18.8 Å². The Balaban J connectivity index is 2.53. The molecule has 0 bridgehead atoms. The Morgan fingerprint density at radius 1 is 1.40 bits per heavy atom. The van der Waals surface area contributed by atoms with Crippen molar-refractivity contribution in [1.82, 2.24) is 4.90 Å². The highest BCUT2D eigenvalue weighted by molar-refractivity contribution is 5.68. The van der Waals surface area contributed by atoms with E-state index in [0.717, 1.165) is 0 Å². The van der Waals surface area contributed by atoms with E-state index in [-0.39, 0.29) is 11.7 Å². The highest BCUT2D eigenvalue weighted by Gasteiger charge is 2.32. The molecule has 1 fully saturated rings. The summed E-state index contributed by atoms with van der Waals surface area (Å²) in [6, 6.07) is 0. The molecule has 1 saturated heterocycles. The summed E-state index contributed by atoms with van der Waals surface area (Å²) in [7, 11) is 0. The summed E-state index contributed by atoms with van der Waals surface area (Å²) in [5.74, 6) is 0. The Labute approximate surface area is 91.5 Å². The molecule has 0 radical (unpaired) electrons. The molecular formula is C11H21NO3. The first-order valence-corrected chi connectivity index (χ1v) is 5.31. The zero-order chi connectivity index (χ0) is 11.7. The molecule has 0 aliphatic carbocycles. The molecule has 0 atom stereocenters. The number of carbonyl (C=O) groups is 1. The second-order valence-electron chi connectivity index (χ2n) is 5.51. The molecule has 0 aromatic carbocycles. The highest BCUT2D eigenvalue weighted by atomic mass is 16.6. The van der Waals surface area contributed by atoms with Crippen molar-refractivity contribution in [2.45, 2.75) is 45.8 Å². The molecule has 0 aromatic heterocycles. The molecular weight excluding hydrogens is 194 g/mol. The van der Waals surface area contributed by atoms with E-state index >= 15 is 0 Å². The zero-order valence-electron chi connectivity index (χ0n) is 10.3. The van der Waals surface area contributed by atoms with Crippen molar-refractivity contribution in [3.05, 3.63) is 0 Å². The van der Waals surface area contributed by atoms with Crippen LogP contribution in [0, 0.1) is 0 Å². The van der Waals surface area contributed by atoms with Gasteiger partial charge in [0.2, 0.25) is 0 Å².